The molecule has 0 saturated carbocycles. The van der Waals surface area contributed by atoms with Crippen LogP contribution in [0.15, 0.2) is 12.2 Å². The second-order valence-electron chi connectivity index (χ2n) is 26.0. The molecule has 0 rings (SSSR count). The molecule has 2 unspecified atom stereocenters. The smallest absolute Gasteiger partial charge is 0.305 e. The molecule has 0 bridgehead atoms. The Hall–Kier alpha value is -1.40. The van der Waals surface area contributed by atoms with E-state index in [0.29, 0.717) is 25.9 Å². The fraction of sp³-hybridized carbons (Fsp3) is 0.947. The second kappa shape index (κ2) is 71.1. The van der Waals surface area contributed by atoms with E-state index in [-0.39, 0.29) is 18.5 Å². The topological polar surface area (TPSA) is 95.9 Å². The Labute approximate surface area is 508 Å². The number of amides is 1. The number of hydrogen-bond donors (Lipinski definition) is 3. The molecule has 0 heterocycles. The van der Waals surface area contributed by atoms with Crippen molar-refractivity contribution >= 4 is 11.9 Å². The first-order chi connectivity index (χ1) is 40.0. The lowest BCUT2D eigenvalue weighted by molar-refractivity contribution is -0.143. The van der Waals surface area contributed by atoms with Crippen molar-refractivity contribution in [2.45, 2.75) is 443 Å². The lowest BCUT2D eigenvalue weighted by Gasteiger charge is -2.22. The highest BCUT2D eigenvalue weighted by molar-refractivity contribution is 5.76. The third-order valence-electron chi connectivity index (χ3n) is 17.8. The van der Waals surface area contributed by atoms with Gasteiger partial charge in [0.1, 0.15) is 0 Å². The number of esters is 1. The van der Waals surface area contributed by atoms with Crippen molar-refractivity contribution in [1.29, 1.82) is 0 Å². The van der Waals surface area contributed by atoms with Gasteiger partial charge in [0.15, 0.2) is 0 Å². The van der Waals surface area contributed by atoms with Gasteiger partial charge in [0.2, 0.25) is 5.91 Å². The van der Waals surface area contributed by atoms with Gasteiger partial charge in [0.05, 0.1) is 25.4 Å². The minimum atomic E-state index is -0.664. The molecular weight excluding hydrogens is 995 g/mol. The molecule has 0 aliphatic carbocycles. The molecular formula is C75H147NO5. The van der Waals surface area contributed by atoms with E-state index in [0.717, 1.165) is 38.5 Å². The second-order valence-corrected chi connectivity index (χ2v) is 26.0. The predicted molar refractivity (Wildman–Crippen MR) is 357 cm³/mol. The van der Waals surface area contributed by atoms with E-state index in [2.05, 4.69) is 31.3 Å². The molecule has 6 heteroatoms. The number of unbranched alkanes of at least 4 members (excludes halogenated alkanes) is 58. The Morgan fingerprint density at radius 3 is 0.877 bits per heavy atom. The molecule has 0 radical (unpaired) electrons. The van der Waals surface area contributed by atoms with Crippen LogP contribution in [0.25, 0.3) is 0 Å². The molecule has 1 amide bonds. The van der Waals surface area contributed by atoms with Gasteiger partial charge in [-0.2, -0.15) is 0 Å². The van der Waals surface area contributed by atoms with Crippen LogP contribution in [0.2, 0.25) is 0 Å². The zero-order valence-corrected chi connectivity index (χ0v) is 55.3. The summed E-state index contributed by atoms with van der Waals surface area (Å²) in [6.07, 6.45) is 88.5. The van der Waals surface area contributed by atoms with Crippen LogP contribution in [0.1, 0.15) is 431 Å². The molecule has 81 heavy (non-hydrogen) atoms. The van der Waals surface area contributed by atoms with Crippen LogP contribution in [-0.2, 0) is 14.3 Å². The third kappa shape index (κ3) is 67.6. The Bertz CT molecular complexity index is 1220. The molecule has 0 aromatic heterocycles. The van der Waals surface area contributed by atoms with Gasteiger partial charge >= 0.3 is 5.97 Å². The Morgan fingerprint density at radius 1 is 0.333 bits per heavy atom. The van der Waals surface area contributed by atoms with Crippen LogP contribution in [0, 0.1) is 0 Å². The molecule has 0 spiro atoms. The quantitative estimate of drug-likeness (QED) is 0.0320. The number of carbonyl (C=O) groups is 2. The first-order valence-corrected chi connectivity index (χ1v) is 37.4. The highest BCUT2D eigenvalue weighted by Crippen LogP contribution is 2.20. The minimum Gasteiger partial charge on any atom is -0.466 e. The fourth-order valence-corrected chi connectivity index (χ4v) is 12.1. The van der Waals surface area contributed by atoms with Crippen molar-refractivity contribution in [2.75, 3.05) is 13.2 Å². The zero-order valence-electron chi connectivity index (χ0n) is 55.3. The van der Waals surface area contributed by atoms with Crippen LogP contribution < -0.4 is 5.32 Å². The Kier molecular flexibility index (Phi) is 69.9. The number of allylic oxidation sites excluding steroid dienone is 2. The van der Waals surface area contributed by atoms with Crippen LogP contribution in [0.5, 0.6) is 0 Å². The van der Waals surface area contributed by atoms with Crippen molar-refractivity contribution in [1.82, 2.24) is 5.32 Å². The van der Waals surface area contributed by atoms with Gasteiger partial charge in [0, 0.05) is 12.8 Å². The summed E-state index contributed by atoms with van der Waals surface area (Å²) < 4.78 is 5.50. The predicted octanol–water partition coefficient (Wildman–Crippen LogP) is 24.3. The summed E-state index contributed by atoms with van der Waals surface area (Å²) in [6, 6.07) is -0.541. The molecule has 0 aliphatic heterocycles. The summed E-state index contributed by atoms with van der Waals surface area (Å²) >= 11 is 0. The molecule has 2 atom stereocenters. The summed E-state index contributed by atoms with van der Waals surface area (Å²) in [5.74, 6) is -0.00847. The molecule has 0 aromatic carbocycles. The van der Waals surface area contributed by atoms with Crippen molar-refractivity contribution < 1.29 is 24.5 Å². The van der Waals surface area contributed by atoms with Gasteiger partial charge in [0.25, 0.3) is 0 Å². The van der Waals surface area contributed by atoms with Crippen LogP contribution in [-0.4, -0.2) is 47.4 Å². The molecule has 482 valence electrons. The number of ether oxygens (including phenoxy) is 1. The average Bonchev–Trinajstić information content (AvgIpc) is 3.47. The SMILES string of the molecule is CCCCCCCCCCCCCCCCCCCCCCC(O)C(CO)NC(=O)CCCCCCCCCCCCCCC/C=C\CCCCCCCCCCCCCCOC(=O)CCCCCCCCCCCCCCCCC. The molecule has 0 saturated heterocycles. The maximum Gasteiger partial charge on any atom is 0.305 e. The minimum absolute atomic E-state index is 0.0206. The van der Waals surface area contributed by atoms with E-state index in [1.165, 1.54) is 360 Å². The van der Waals surface area contributed by atoms with Gasteiger partial charge < -0.3 is 20.3 Å². The highest BCUT2D eigenvalue weighted by Gasteiger charge is 2.20. The summed E-state index contributed by atoms with van der Waals surface area (Å²) in [5.41, 5.74) is 0. The monoisotopic (exact) mass is 1140 g/mol. The largest absolute Gasteiger partial charge is 0.466 e. The number of hydrogen-bond acceptors (Lipinski definition) is 5. The number of carbonyl (C=O) groups excluding carboxylic acids is 2. The van der Waals surface area contributed by atoms with Gasteiger partial charge in [-0.3, -0.25) is 9.59 Å². The first-order valence-electron chi connectivity index (χ1n) is 37.4. The van der Waals surface area contributed by atoms with E-state index >= 15 is 0 Å². The zero-order chi connectivity index (χ0) is 58.5. The third-order valence-corrected chi connectivity index (χ3v) is 17.8. The Morgan fingerprint density at radius 2 is 0.580 bits per heavy atom. The summed E-state index contributed by atoms with van der Waals surface area (Å²) in [5, 5.41) is 23.4. The average molecular weight is 1140 g/mol. The van der Waals surface area contributed by atoms with Gasteiger partial charge in [-0.05, 0) is 51.4 Å². The van der Waals surface area contributed by atoms with Crippen LogP contribution in [0.3, 0.4) is 0 Å². The summed E-state index contributed by atoms with van der Waals surface area (Å²) in [4.78, 5) is 24.6. The Balaban J connectivity index is 3.36. The molecule has 0 aromatic rings. The summed E-state index contributed by atoms with van der Waals surface area (Å²) in [7, 11) is 0. The fourth-order valence-electron chi connectivity index (χ4n) is 12.1. The van der Waals surface area contributed by atoms with Crippen LogP contribution >= 0.6 is 0 Å². The maximum absolute atomic E-state index is 12.5. The lowest BCUT2D eigenvalue weighted by Crippen LogP contribution is -2.45. The van der Waals surface area contributed by atoms with Gasteiger partial charge in [-0.15, -0.1) is 0 Å². The number of nitrogens with one attached hydrogen (secondary N) is 1. The van der Waals surface area contributed by atoms with E-state index in [1.54, 1.807) is 0 Å². The van der Waals surface area contributed by atoms with E-state index in [4.69, 9.17) is 4.74 Å². The number of aliphatic hydroxyl groups excluding tert-OH is 2. The maximum atomic E-state index is 12.5. The van der Waals surface area contributed by atoms with Crippen molar-refractivity contribution in [3.8, 4) is 0 Å². The summed E-state index contributed by atoms with van der Waals surface area (Å²) in [6.45, 7) is 5.01. The van der Waals surface area contributed by atoms with Gasteiger partial charge in [-0.1, -0.05) is 379 Å². The van der Waals surface area contributed by atoms with E-state index in [9.17, 15) is 19.8 Å². The van der Waals surface area contributed by atoms with Crippen molar-refractivity contribution in [3.63, 3.8) is 0 Å². The molecule has 6 nitrogen and oxygen atoms in total. The van der Waals surface area contributed by atoms with E-state index < -0.39 is 12.1 Å². The van der Waals surface area contributed by atoms with E-state index in [1.807, 2.05) is 0 Å². The molecule has 0 aliphatic rings. The van der Waals surface area contributed by atoms with Gasteiger partial charge in [-0.25, -0.2) is 0 Å². The van der Waals surface area contributed by atoms with Crippen molar-refractivity contribution in [2.24, 2.45) is 0 Å². The number of aliphatic hydroxyl groups is 2. The molecule has 0 fully saturated rings. The number of rotatable bonds is 71. The van der Waals surface area contributed by atoms with Crippen molar-refractivity contribution in [3.05, 3.63) is 12.2 Å². The lowest BCUT2D eigenvalue weighted by atomic mass is 10.0. The molecule has 3 N–H and O–H groups in total. The highest BCUT2D eigenvalue weighted by atomic mass is 16.5. The standard InChI is InChI=1S/C75H147NO5/c1-3-5-7-9-11-13-15-17-19-20-21-33-36-40-43-47-51-55-59-63-67-73(78)72(71-77)76-74(79)68-64-60-56-52-48-44-41-37-34-31-29-27-25-23-22-24-26-28-30-32-35-38-42-46-50-54-58-62-66-70-81-75(80)69-65-61-57-53-49-45-39-18-16-14-12-10-8-6-4-2/h22,24,72-73,77-78H,3-21,23,25-71H2,1-2H3,(H,76,79)/b24-22-. The first kappa shape index (κ1) is 79.6. The normalized spacial score (nSPS) is 12.5. The van der Waals surface area contributed by atoms with Crippen LogP contribution in [0.4, 0.5) is 0 Å².